The summed E-state index contributed by atoms with van der Waals surface area (Å²) in [5, 5.41) is 3.98. The van der Waals surface area contributed by atoms with E-state index >= 15 is 0 Å². The molecule has 1 fully saturated rings. The Kier molecular flexibility index (Phi) is 5.12. The summed E-state index contributed by atoms with van der Waals surface area (Å²) in [7, 11) is 0. The Balaban J connectivity index is 1.40. The van der Waals surface area contributed by atoms with Crippen molar-refractivity contribution in [1.29, 1.82) is 0 Å². The summed E-state index contributed by atoms with van der Waals surface area (Å²) in [5.74, 6) is -0.0450. The highest BCUT2D eigenvalue weighted by molar-refractivity contribution is 5.95. The Hall–Kier alpha value is -2.79. The molecule has 140 valence electrons. The van der Waals surface area contributed by atoms with Gasteiger partial charge in [-0.25, -0.2) is 0 Å². The van der Waals surface area contributed by atoms with Crippen LogP contribution in [-0.4, -0.2) is 32.2 Å². The molecule has 0 saturated carbocycles. The first-order chi connectivity index (χ1) is 13.2. The van der Waals surface area contributed by atoms with Gasteiger partial charge in [-0.15, -0.1) is 0 Å². The van der Waals surface area contributed by atoms with Gasteiger partial charge in [0.2, 0.25) is 5.91 Å². The van der Waals surface area contributed by atoms with Crippen LogP contribution in [0.3, 0.4) is 0 Å². The predicted molar refractivity (Wildman–Crippen MR) is 107 cm³/mol. The third-order valence-corrected chi connectivity index (χ3v) is 5.01. The Morgan fingerprint density at radius 2 is 1.89 bits per heavy atom. The maximum atomic E-state index is 12.5. The van der Waals surface area contributed by atoms with Gasteiger partial charge in [0, 0.05) is 35.4 Å². The topological polar surface area (TPSA) is 54.7 Å². The highest BCUT2D eigenvalue weighted by Crippen LogP contribution is 2.24. The van der Waals surface area contributed by atoms with E-state index in [0.717, 1.165) is 60.6 Å². The number of furan rings is 1. The molecule has 0 spiro atoms. The standard InChI is InChI=1S/C22H24N2O3/c1-2-16-3-8-20-17(15-27-21(20)13-16)14-22(25)23-18-4-6-19(7-5-18)24-9-11-26-12-10-24/h3-8,13,15H,2,9-12,14H2,1H3,(H,23,25). The normalized spacial score (nSPS) is 14.5. The zero-order valence-electron chi connectivity index (χ0n) is 15.5. The fourth-order valence-electron chi connectivity index (χ4n) is 3.44. The summed E-state index contributed by atoms with van der Waals surface area (Å²) in [6, 6.07) is 14.1. The van der Waals surface area contributed by atoms with E-state index in [9.17, 15) is 4.79 Å². The number of morpholine rings is 1. The molecule has 5 heteroatoms. The number of aryl methyl sites for hydroxylation is 1. The van der Waals surface area contributed by atoms with Gasteiger partial charge in [0.15, 0.2) is 0 Å². The van der Waals surface area contributed by atoms with Crippen molar-refractivity contribution in [3.63, 3.8) is 0 Å². The van der Waals surface area contributed by atoms with E-state index in [1.54, 1.807) is 6.26 Å². The number of benzene rings is 2. The van der Waals surface area contributed by atoms with Gasteiger partial charge in [0.25, 0.3) is 0 Å². The van der Waals surface area contributed by atoms with E-state index in [1.807, 2.05) is 36.4 Å². The number of amides is 1. The summed E-state index contributed by atoms with van der Waals surface area (Å²) < 4.78 is 11.0. The van der Waals surface area contributed by atoms with E-state index in [1.165, 1.54) is 5.56 Å². The van der Waals surface area contributed by atoms with Crippen LogP contribution < -0.4 is 10.2 Å². The van der Waals surface area contributed by atoms with Gasteiger partial charge in [-0.05, 0) is 42.3 Å². The van der Waals surface area contributed by atoms with Crippen LogP contribution in [0.1, 0.15) is 18.1 Å². The monoisotopic (exact) mass is 364 g/mol. The van der Waals surface area contributed by atoms with Crippen molar-refractivity contribution in [1.82, 2.24) is 0 Å². The van der Waals surface area contributed by atoms with E-state index in [2.05, 4.69) is 23.2 Å². The maximum absolute atomic E-state index is 12.5. The Labute approximate surface area is 158 Å². The Bertz CT molecular complexity index is 924. The van der Waals surface area contributed by atoms with E-state index in [4.69, 9.17) is 9.15 Å². The van der Waals surface area contributed by atoms with Crippen LogP contribution in [0.5, 0.6) is 0 Å². The van der Waals surface area contributed by atoms with Crippen LogP contribution in [0.4, 0.5) is 11.4 Å². The molecule has 1 N–H and O–H groups in total. The Morgan fingerprint density at radius 3 is 2.63 bits per heavy atom. The van der Waals surface area contributed by atoms with Crippen molar-refractivity contribution in [2.24, 2.45) is 0 Å². The molecule has 0 unspecified atom stereocenters. The zero-order chi connectivity index (χ0) is 18.6. The van der Waals surface area contributed by atoms with Gasteiger partial charge in [-0.2, -0.15) is 0 Å². The maximum Gasteiger partial charge on any atom is 0.228 e. The van der Waals surface area contributed by atoms with Gasteiger partial charge in [0.05, 0.1) is 25.9 Å². The second-order valence-electron chi connectivity index (χ2n) is 6.82. The van der Waals surface area contributed by atoms with E-state index in [0.29, 0.717) is 6.42 Å². The number of hydrogen-bond acceptors (Lipinski definition) is 4. The minimum atomic E-state index is -0.0450. The van der Waals surface area contributed by atoms with Gasteiger partial charge in [-0.3, -0.25) is 4.79 Å². The number of nitrogens with one attached hydrogen (secondary N) is 1. The number of hydrogen-bond donors (Lipinski definition) is 1. The van der Waals surface area contributed by atoms with Crippen molar-refractivity contribution >= 4 is 28.3 Å². The van der Waals surface area contributed by atoms with E-state index < -0.39 is 0 Å². The lowest BCUT2D eigenvalue weighted by atomic mass is 10.1. The van der Waals surface area contributed by atoms with Crippen molar-refractivity contribution in [2.45, 2.75) is 19.8 Å². The predicted octanol–water partition coefficient (Wildman–Crippen LogP) is 4.01. The van der Waals surface area contributed by atoms with Crippen LogP contribution in [-0.2, 0) is 22.4 Å². The number of nitrogens with zero attached hydrogens (tertiary/aromatic N) is 1. The number of fused-ring (bicyclic) bond motifs is 1. The minimum Gasteiger partial charge on any atom is -0.464 e. The SMILES string of the molecule is CCc1ccc2c(CC(=O)Nc3ccc(N4CCOCC4)cc3)coc2c1. The number of carbonyl (C=O) groups excluding carboxylic acids is 1. The molecule has 2 heterocycles. The molecule has 4 rings (SSSR count). The molecule has 1 saturated heterocycles. The van der Waals surface area contributed by atoms with Crippen LogP contribution >= 0.6 is 0 Å². The average Bonchev–Trinajstić information content (AvgIpc) is 3.11. The molecule has 1 aromatic heterocycles. The molecule has 3 aromatic rings. The summed E-state index contributed by atoms with van der Waals surface area (Å²) in [6.07, 6.45) is 2.95. The molecule has 27 heavy (non-hydrogen) atoms. The Morgan fingerprint density at radius 1 is 1.11 bits per heavy atom. The molecule has 1 amide bonds. The molecular formula is C22H24N2O3. The van der Waals surface area contributed by atoms with Crippen molar-refractivity contribution in [3.8, 4) is 0 Å². The quantitative estimate of drug-likeness (QED) is 0.743. The molecule has 5 nitrogen and oxygen atoms in total. The molecule has 1 aliphatic rings. The molecular weight excluding hydrogens is 340 g/mol. The number of rotatable bonds is 5. The number of ether oxygens (including phenoxy) is 1. The van der Waals surface area contributed by atoms with Crippen molar-refractivity contribution < 1.29 is 13.9 Å². The fraction of sp³-hybridized carbons (Fsp3) is 0.318. The van der Waals surface area contributed by atoms with E-state index in [-0.39, 0.29) is 5.91 Å². The summed E-state index contributed by atoms with van der Waals surface area (Å²) in [5.41, 5.74) is 4.94. The number of anilines is 2. The van der Waals surface area contributed by atoms with Crippen LogP contribution in [0.25, 0.3) is 11.0 Å². The molecule has 0 atom stereocenters. The molecule has 0 aliphatic carbocycles. The third kappa shape index (κ3) is 3.98. The number of carbonyl (C=O) groups is 1. The van der Waals surface area contributed by atoms with Gasteiger partial charge >= 0.3 is 0 Å². The minimum absolute atomic E-state index is 0.0450. The van der Waals surface area contributed by atoms with Crippen LogP contribution in [0, 0.1) is 0 Å². The second-order valence-corrected chi connectivity index (χ2v) is 6.82. The first-order valence-electron chi connectivity index (χ1n) is 9.44. The van der Waals surface area contributed by atoms with Crippen LogP contribution in [0.2, 0.25) is 0 Å². The second kappa shape index (κ2) is 7.84. The summed E-state index contributed by atoms with van der Waals surface area (Å²) in [6.45, 7) is 5.44. The lowest BCUT2D eigenvalue weighted by Crippen LogP contribution is -2.36. The highest BCUT2D eigenvalue weighted by Gasteiger charge is 2.13. The average molecular weight is 364 g/mol. The molecule has 2 aromatic carbocycles. The smallest absolute Gasteiger partial charge is 0.228 e. The third-order valence-electron chi connectivity index (χ3n) is 5.01. The fourth-order valence-corrected chi connectivity index (χ4v) is 3.44. The van der Waals surface area contributed by atoms with Gasteiger partial charge in [-0.1, -0.05) is 19.1 Å². The molecule has 0 radical (unpaired) electrons. The lowest BCUT2D eigenvalue weighted by Gasteiger charge is -2.28. The van der Waals surface area contributed by atoms with Gasteiger partial charge in [0.1, 0.15) is 5.58 Å². The highest BCUT2D eigenvalue weighted by atomic mass is 16.5. The largest absolute Gasteiger partial charge is 0.464 e. The summed E-state index contributed by atoms with van der Waals surface area (Å²) >= 11 is 0. The van der Waals surface area contributed by atoms with Crippen molar-refractivity contribution in [3.05, 3.63) is 59.9 Å². The van der Waals surface area contributed by atoms with Crippen LogP contribution in [0.15, 0.2) is 53.1 Å². The molecule has 0 bridgehead atoms. The summed E-state index contributed by atoms with van der Waals surface area (Å²) in [4.78, 5) is 14.7. The first-order valence-corrected chi connectivity index (χ1v) is 9.44. The lowest BCUT2D eigenvalue weighted by molar-refractivity contribution is -0.115. The zero-order valence-corrected chi connectivity index (χ0v) is 15.5. The van der Waals surface area contributed by atoms with Crippen molar-refractivity contribution in [2.75, 3.05) is 36.5 Å². The first kappa shape index (κ1) is 17.6. The van der Waals surface area contributed by atoms with Gasteiger partial charge < -0.3 is 19.4 Å². The molecule has 1 aliphatic heterocycles.